The van der Waals surface area contributed by atoms with Crippen LogP contribution in [0.4, 0.5) is 0 Å². The highest BCUT2D eigenvalue weighted by atomic mass is 32.1. The first-order chi connectivity index (χ1) is 5.26. The van der Waals surface area contributed by atoms with E-state index in [2.05, 4.69) is 4.98 Å². The summed E-state index contributed by atoms with van der Waals surface area (Å²) in [6, 6.07) is 5.18. The Hall–Kier alpha value is -1.34. The second-order valence-electron chi connectivity index (χ2n) is 1.91. The first kappa shape index (κ1) is 7.76. The fourth-order valence-corrected chi connectivity index (χ4v) is 0.922. The summed E-state index contributed by atoms with van der Waals surface area (Å²) < 4.78 is 5.40. The number of hydrogen-bond acceptors (Lipinski definition) is 3. The Labute approximate surface area is 69.2 Å². The van der Waals surface area contributed by atoms with Crippen LogP contribution in [0.15, 0.2) is 12.1 Å². The van der Waals surface area contributed by atoms with Crippen molar-refractivity contribution in [2.75, 3.05) is 7.11 Å². The number of pyridine rings is 1. The van der Waals surface area contributed by atoms with Crippen molar-refractivity contribution >= 4 is 12.2 Å². The van der Waals surface area contributed by atoms with Crippen LogP contribution in [0.1, 0.15) is 5.69 Å². The van der Waals surface area contributed by atoms with Crippen LogP contribution in [0.2, 0.25) is 0 Å². The summed E-state index contributed by atoms with van der Waals surface area (Å²) in [6.07, 6.45) is 0. The van der Waals surface area contributed by atoms with Crippen molar-refractivity contribution in [1.82, 2.24) is 4.98 Å². The molecule has 1 N–H and O–H groups in total. The molecule has 0 unspecified atom stereocenters. The molecular weight excluding hydrogens is 160 g/mol. The number of nitriles is 1. The topological polar surface area (TPSA) is 48.8 Å². The summed E-state index contributed by atoms with van der Waals surface area (Å²) >= 11 is 4.83. The van der Waals surface area contributed by atoms with Crippen molar-refractivity contribution < 1.29 is 4.74 Å². The molecule has 0 saturated carbocycles. The minimum Gasteiger partial charge on any atom is -0.497 e. The molecule has 56 valence electrons. The molecule has 0 aliphatic carbocycles. The second kappa shape index (κ2) is 3.17. The second-order valence-corrected chi connectivity index (χ2v) is 2.35. The average molecular weight is 166 g/mol. The van der Waals surface area contributed by atoms with E-state index in [0.717, 1.165) is 0 Å². The smallest absolute Gasteiger partial charge is 0.124 e. The van der Waals surface area contributed by atoms with Crippen molar-refractivity contribution in [2.24, 2.45) is 0 Å². The van der Waals surface area contributed by atoms with Gasteiger partial charge in [0.15, 0.2) is 0 Å². The Morgan fingerprint density at radius 2 is 2.36 bits per heavy atom. The number of nitrogens with zero attached hydrogens (tertiary/aromatic N) is 1. The number of H-pyrrole nitrogens is 1. The quantitative estimate of drug-likeness (QED) is 0.645. The predicted octanol–water partition coefficient (Wildman–Crippen LogP) is 1.62. The van der Waals surface area contributed by atoms with E-state index in [4.69, 9.17) is 22.2 Å². The Balaban J connectivity index is 3.26. The zero-order valence-electron chi connectivity index (χ0n) is 5.92. The minimum atomic E-state index is 0.411. The lowest BCUT2D eigenvalue weighted by molar-refractivity contribution is 0.414. The fourth-order valence-electron chi connectivity index (χ4n) is 0.696. The van der Waals surface area contributed by atoms with Crippen LogP contribution in [-0.2, 0) is 0 Å². The number of aromatic amines is 1. The van der Waals surface area contributed by atoms with Gasteiger partial charge in [-0.25, -0.2) is 0 Å². The van der Waals surface area contributed by atoms with E-state index >= 15 is 0 Å². The average Bonchev–Trinajstić information content (AvgIpc) is 2.03. The van der Waals surface area contributed by atoms with Gasteiger partial charge in [-0.05, 0) is 0 Å². The Morgan fingerprint density at radius 3 is 2.91 bits per heavy atom. The number of aromatic nitrogens is 1. The maximum Gasteiger partial charge on any atom is 0.124 e. The minimum absolute atomic E-state index is 0.411. The van der Waals surface area contributed by atoms with Crippen LogP contribution in [0.5, 0.6) is 5.75 Å². The van der Waals surface area contributed by atoms with Gasteiger partial charge in [0.2, 0.25) is 0 Å². The van der Waals surface area contributed by atoms with Crippen LogP contribution in [0.25, 0.3) is 0 Å². The largest absolute Gasteiger partial charge is 0.497 e. The van der Waals surface area contributed by atoms with E-state index in [1.165, 1.54) is 7.11 Å². The first-order valence-electron chi connectivity index (χ1n) is 2.94. The molecule has 4 heteroatoms. The molecule has 3 nitrogen and oxygen atoms in total. The number of rotatable bonds is 1. The van der Waals surface area contributed by atoms with E-state index in [0.29, 0.717) is 16.1 Å². The molecule has 0 aliphatic heterocycles. The van der Waals surface area contributed by atoms with E-state index in [9.17, 15) is 0 Å². The number of nitrogens with one attached hydrogen (secondary N) is 1. The molecule has 0 bridgehead atoms. The van der Waals surface area contributed by atoms with Crippen molar-refractivity contribution in [1.29, 1.82) is 5.26 Å². The zero-order valence-corrected chi connectivity index (χ0v) is 6.73. The van der Waals surface area contributed by atoms with E-state index in [1.807, 2.05) is 6.07 Å². The summed E-state index contributed by atoms with van der Waals surface area (Å²) in [7, 11) is 1.53. The number of hydrogen-bond donors (Lipinski definition) is 1. The SMILES string of the molecule is COc1cc(C#N)[nH]c(=S)c1. The number of ether oxygens (including phenoxy) is 1. The highest BCUT2D eigenvalue weighted by Crippen LogP contribution is 2.09. The van der Waals surface area contributed by atoms with E-state index < -0.39 is 0 Å². The molecule has 0 amide bonds. The molecule has 0 fully saturated rings. The van der Waals surface area contributed by atoms with Gasteiger partial charge in [0.1, 0.15) is 22.2 Å². The molecule has 1 heterocycles. The summed E-state index contributed by atoms with van der Waals surface area (Å²) in [5, 5.41) is 8.50. The fraction of sp³-hybridized carbons (Fsp3) is 0.143. The summed E-state index contributed by atoms with van der Waals surface area (Å²) in [5.41, 5.74) is 0.411. The van der Waals surface area contributed by atoms with Gasteiger partial charge in [0.05, 0.1) is 7.11 Å². The third-order valence-electron chi connectivity index (χ3n) is 1.17. The normalized spacial score (nSPS) is 8.73. The van der Waals surface area contributed by atoms with Gasteiger partial charge < -0.3 is 9.72 Å². The monoisotopic (exact) mass is 166 g/mol. The molecule has 0 aliphatic rings. The summed E-state index contributed by atoms with van der Waals surface area (Å²) in [5.74, 6) is 0.602. The van der Waals surface area contributed by atoms with Gasteiger partial charge in [-0.1, -0.05) is 12.2 Å². The standard InChI is InChI=1S/C7H6N2OS/c1-10-6-2-5(4-8)9-7(11)3-6/h2-3H,1H3,(H,9,11). The van der Waals surface area contributed by atoms with Crippen LogP contribution in [0.3, 0.4) is 0 Å². The summed E-state index contributed by atoms with van der Waals surface area (Å²) in [4.78, 5) is 2.71. The van der Waals surface area contributed by atoms with Crippen LogP contribution < -0.4 is 4.74 Å². The highest BCUT2D eigenvalue weighted by Gasteiger charge is 1.94. The first-order valence-corrected chi connectivity index (χ1v) is 3.35. The van der Waals surface area contributed by atoms with Gasteiger partial charge in [-0.3, -0.25) is 0 Å². The maximum absolute atomic E-state index is 8.50. The molecule has 1 aromatic rings. The molecule has 0 radical (unpaired) electrons. The molecule has 1 rings (SSSR count). The summed E-state index contributed by atoms with van der Waals surface area (Å²) in [6.45, 7) is 0. The van der Waals surface area contributed by atoms with Gasteiger partial charge >= 0.3 is 0 Å². The van der Waals surface area contributed by atoms with Gasteiger partial charge in [0, 0.05) is 12.1 Å². The maximum atomic E-state index is 8.50. The van der Waals surface area contributed by atoms with Crippen LogP contribution >= 0.6 is 12.2 Å². The third kappa shape index (κ3) is 1.79. The third-order valence-corrected chi connectivity index (χ3v) is 1.39. The lowest BCUT2D eigenvalue weighted by atomic mass is 10.3. The Bertz CT molecular complexity index is 350. The molecular formula is C7H6N2OS. The van der Waals surface area contributed by atoms with E-state index in [-0.39, 0.29) is 0 Å². The van der Waals surface area contributed by atoms with Crippen LogP contribution in [0, 0.1) is 16.0 Å². The lowest BCUT2D eigenvalue weighted by Gasteiger charge is -1.97. The van der Waals surface area contributed by atoms with Crippen molar-refractivity contribution in [3.63, 3.8) is 0 Å². The predicted molar refractivity (Wildman–Crippen MR) is 42.9 cm³/mol. The molecule has 0 atom stereocenters. The Morgan fingerprint density at radius 1 is 1.64 bits per heavy atom. The molecule has 0 aromatic carbocycles. The molecule has 11 heavy (non-hydrogen) atoms. The van der Waals surface area contributed by atoms with Crippen molar-refractivity contribution in [2.45, 2.75) is 0 Å². The van der Waals surface area contributed by atoms with E-state index in [1.54, 1.807) is 12.1 Å². The van der Waals surface area contributed by atoms with Gasteiger partial charge in [-0.15, -0.1) is 0 Å². The molecule has 1 aromatic heterocycles. The number of methoxy groups -OCH3 is 1. The van der Waals surface area contributed by atoms with Crippen molar-refractivity contribution in [3.8, 4) is 11.8 Å². The van der Waals surface area contributed by atoms with Gasteiger partial charge in [0.25, 0.3) is 0 Å². The lowest BCUT2D eigenvalue weighted by Crippen LogP contribution is -1.87. The van der Waals surface area contributed by atoms with Crippen LogP contribution in [-0.4, -0.2) is 12.1 Å². The Kier molecular flexibility index (Phi) is 2.24. The molecule has 0 spiro atoms. The van der Waals surface area contributed by atoms with Crippen molar-refractivity contribution in [3.05, 3.63) is 22.5 Å². The molecule has 0 saturated heterocycles. The zero-order chi connectivity index (χ0) is 8.27. The highest BCUT2D eigenvalue weighted by molar-refractivity contribution is 7.71. The van der Waals surface area contributed by atoms with Gasteiger partial charge in [-0.2, -0.15) is 5.26 Å².